The minimum Gasteiger partial charge on any atom is -0.206 e. The van der Waals surface area contributed by atoms with Crippen molar-refractivity contribution in [1.82, 2.24) is 0 Å². The summed E-state index contributed by atoms with van der Waals surface area (Å²) in [7, 11) is 0. The molecule has 2 aliphatic carbocycles. The van der Waals surface area contributed by atoms with Crippen molar-refractivity contribution in [3.63, 3.8) is 0 Å². The standard InChI is InChI=1S/C32H45F/c1-3-5-7-10-25-11-13-26(14-12-25)28-17-20-30(31(33)24-28)27-15-18-29(19-16-27)32(21-4-2)22-8-6-9-23-32/h15-20,24-26H,3-14,21-23H2,1-2H3. The number of hydrogen-bond donors (Lipinski definition) is 0. The maximum absolute atomic E-state index is 15.2. The summed E-state index contributed by atoms with van der Waals surface area (Å²) in [5, 5.41) is 0. The highest BCUT2D eigenvalue weighted by molar-refractivity contribution is 5.65. The molecule has 2 aromatic carbocycles. The van der Waals surface area contributed by atoms with Crippen LogP contribution in [0.2, 0.25) is 0 Å². The van der Waals surface area contributed by atoms with Gasteiger partial charge in [-0.25, -0.2) is 4.39 Å². The molecule has 180 valence electrons. The Morgan fingerprint density at radius 3 is 2.18 bits per heavy atom. The van der Waals surface area contributed by atoms with Crippen LogP contribution in [0.4, 0.5) is 4.39 Å². The summed E-state index contributed by atoms with van der Waals surface area (Å²) in [5.74, 6) is 1.39. The monoisotopic (exact) mass is 448 g/mol. The number of benzene rings is 2. The first kappa shape index (κ1) is 24.5. The van der Waals surface area contributed by atoms with E-state index in [-0.39, 0.29) is 5.82 Å². The van der Waals surface area contributed by atoms with Crippen LogP contribution in [0.3, 0.4) is 0 Å². The zero-order valence-electron chi connectivity index (χ0n) is 21.2. The molecule has 0 saturated heterocycles. The van der Waals surface area contributed by atoms with Gasteiger partial charge in [0.05, 0.1) is 0 Å². The second-order valence-corrected chi connectivity index (χ2v) is 11.1. The van der Waals surface area contributed by atoms with E-state index >= 15 is 4.39 Å². The van der Waals surface area contributed by atoms with Gasteiger partial charge in [0.2, 0.25) is 0 Å². The summed E-state index contributed by atoms with van der Waals surface area (Å²) < 4.78 is 15.2. The van der Waals surface area contributed by atoms with Gasteiger partial charge in [-0.2, -0.15) is 0 Å². The van der Waals surface area contributed by atoms with Crippen molar-refractivity contribution in [3.05, 3.63) is 59.4 Å². The Labute approximate surface area is 202 Å². The molecule has 0 unspecified atom stereocenters. The molecule has 0 amide bonds. The van der Waals surface area contributed by atoms with Gasteiger partial charge in [0.1, 0.15) is 5.82 Å². The Kier molecular flexibility index (Phi) is 8.67. The molecule has 33 heavy (non-hydrogen) atoms. The van der Waals surface area contributed by atoms with Crippen molar-refractivity contribution in [1.29, 1.82) is 0 Å². The molecule has 0 N–H and O–H groups in total. The van der Waals surface area contributed by atoms with Crippen molar-refractivity contribution in [2.75, 3.05) is 0 Å². The molecule has 2 fully saturated rings. The van der Waals surface area contributed by atoms with Crippen molar-refractivity contribution < 1.29 is 4.39 Å². The van der Waals surface area contributed by atoms with Crippen LogP contribution in [-0.4, -0.2) is 0 Å². The van der Waals surface area contributed by atoms with Crippen LogP contribution in [0.5, 0.6) is 0 Å². The molecule has 0 radical (unpaired) electrons. The molecule has 0 nitrogen and oxygen atoms in total. The molecular formula is C32H45F. The Morgan fingerprint density at radius 1 is 0.818 bits per heavy atom. The Morgan fingerprint density at radius 2 is 1.55 bits per heavy atom. The Balaban J connectivity index is 1.42. The van der Waals surface area contributed by atoms with E-state index in [1.54, 1.807) is 0 Å². The first-order valence-electron chi connectivity index (χ1n) is 14.1. The van der Waals surface area contributed by atoms with E-state index in [9.17, 15) is 0 Å². The van der Waals surface area contributed by atoms with Gasteiger partial charge >= 0.3 is 0 Å². The maximum Gasteiger partial charge on any atom is 0.131 e. The molecule has 0 atom stereocenters. The van der Waals surface area contributed by atoms with Gasteiger partial charge in [-0.05, 0) is 85.0 Å². The first-order valence-corrected chi connectivity index (χ1v) is 14.1. The predicted molar refractivity (Wildman–Crippen MR) is 140 cm³/mol. The minimum atomic E-state index is -0.0498. The summed E-state index contributed by atoms with van der Waals surface area (Å²) in [6, 6.07) is 15.0. The topological polar surface area (TPSA) is 0 Å². The largest absolute Gasteiger partial charge is 0.206 e. The quantitative estimate of drug-likeness (QED) is 0.335. The van der Waals surface area contributed by atoms with E-state index < -0.39 is 0 Å². The molecule has 4 rings (SSSR count). The van der Waals surface area contributed by atoms with Gasteiger partial charge in [0.15, 0.2) is 0 Å². The average Bonchev–Trinajstić information content (AvgIpc) is 2.85. The number of hydrogen-bond acceptors (Lipinski definition) is 0. The van der Waals surface area contributed by atoms with Crippen LogP contribution >= 0.6 is 0 Å². The second-order valence-electron chi connectivity index (χ2n) is 11.1. The van der Waals surface area contributed by atoms with Crippen LogP contribution < -0.4 is 0 Å². The van der Waals surface area contributed by atoms with Crippen molar-refractivity contribution >= 4 is 0 Å². The lowest BCUT2D eigenvalue weighted by Crippen LogP contribution is -2.28. The summed E-state index contributed by atoms with van der Waals surface area (Å²) in [6.45, 7) is 4.59. The fourth-order valence-corrected chi connectivity index (χ4v) is 6.88. The lowest BCUT2D eigenvalue weighted by Gasteiger charge is -2.38. The van der Waals surface area contributed by atoms with Gasteiger partial charge in [-0.15, -0.1) is 0 Å². The molecule has 0 spiro atoms. The molecule has 0 bridgehead atoms. The van der Waals surface area contributed by atoms with Gasteiger partial charge in [0, 0.05) is 5.56 Å². The highest BCUT2D eigenvalue weighted by atomic mass is 19.1. The minimum absolute atomic E-state index is 0.0498. The second kappa shape index (κ2) is 11.7. The third-order valence-electron chi connectivity index (χ3n) is 8.87. The Bertz CT molecular complexity index is 845. The van der Waals surface area contributed by atoms with E-state index in [0.717, 1.165) is 17.0 Å². The Hall–Kier alpha value is -1.63. The highest BCUT2D eigenvalue weighted by Gasteiger charge is 2.32. The molecular weight excluding hydrogens is 403 g/mol. The van der Waals surface area contributed by atoms with Gasteiger partial charge < -0.3 is 0 Å². The van der Waals surface area contributed by atoms with Gasteiger partial charge in [-0.1, -0.05) is 102 Å². The third-order valence-corrected chi connectivity index (χ3v) is 8.87. The molecule has 2 aliphatic rings. The fraction of sp³-hybridized carbons (Fsp3) is 0.625. The van der Waals surface area contributed by atoms with Crippen LogP contribution in [0.15, 0.2) is 42.5 Å². The van der Waals surface area contributed by atoms with E-state index in [1.165, 1.54) is 107 Å². The maximum atomic E-state index is 15.2. The fourth-order valence-electron chi connectivity index (χ4n) is 6.88. The summed E-state index contributed by atoms with van der Waals surface area (Å²) in [4.78, 5) is 0. The molecule has 0 aromatic heterocycles. The highest BCUT2D eigenvalue weighted by Crippen LogP contribution is 2.44. The number of rotatable bonds is 9. The molecule has 0 aliphatic heterocycles. The summed E-state index contributed by atoms with van der Waals surface area (Å²) in [5.41, 5.74) is 4.81. The zero-order chi connectivity index (χ0) is 23.1. The normalized spacial score (nSPS) is 22.9. The lowest BCUT2D eigenvalue weighted by molar-refractivity contribution is 0.271. The van der Waals surface area contributed by atoms with Crippen molar-refractivity contribution in [2.45, 2.75) is 121 Å². The number of halogens is 1. The van der Waals surface area contributed by atoms with E-state index in [4.69, 9.17) is 0 Å². The third kappa shape index (κ3) is 5.90. The summed E-state index contributed by atoms with van der Waals surface area (Å²) in [6.07, 6.45) is 19.7. The molecule has 2 saturated carbocycles. The van der Waals surface area contributed by atoms with Gasteiger partial charge in [-0.3, -0.25) is 0 Å². The molecule has 2 aromatic rings. The van der Waals surface area contributed by atoms with Crippen molar-refractivity contribution in [2.24, 2.45) is 5.92 Å². The van der Waals surface area contributed by atoms with E-state index in [1.807, 2.05) is 12.1 Å². The van der Waals surface area contributed by atoms with Crippen LogP contribution in [-0.2, 0) is 5.41 Å². The smallest absolute Gasteiger partial charge is 0.131 e. The van der Waals surface area contributed by atoms with E-state index in [2.05, 4.69) is 44.2 Å². The average molecular weight is 449 g/mol. The van der Waals surface area contributed by atoms with Crippen molar-refractivity contribution in [3.8, 4) is 11.1 Å². The first-order chi connectivity index (χ1) is 16.1. The van der Waals surface area contributed by atoms with Crippen LogP contribution in [0.1, 0.15) is 127 Å². The van der Waals surface area contributed by atoms with Crippen LogP contribution in [0, 0.1) is 11.7 Å². The predicted octanol–water partition coefficient (Wildman–Crippen LogP) is 10.3. The lowest BCUT2D eigenvalue weighted by atomic mass is 9.67. The summed E-state index contributed by atoms with van der Waals surface area (Å²) >= 11 is 0. The number of unbranched alkanes of at least 4 members (excludes halogenated alkanes) is 2. The molecule has 0 heterocycles. The SMILES string of the molecule is CCCCCC1CCC(c2ccc(-c3ccc(C4(CCC)CCCCC4)cc3)c(F)c2)CC1. The molecule has 1 heteroatoms. The van der Waals surface area contributed by atoms with E-state index in [0.29, 0.717) is 11.3 Å². The van der Waals surface area contributed by atoms with Crippen LogP contribution in [0.25, 0.3) is 11.1 Å². The zero-order valence-corrected chi connectivity index (χ0v) is 21.2. The van der Waals surface area contributed by atoms with Gasteiger partial charge in [0.25, 0.3) is 0 Å².